The van der Waals surface area contributed by atoms with Crippen molar-refractivity contribution in [2.45, 2.75) is 11.8 Å². The molecule has 1 amide bonds. The third-order valence-electron chi connectivity index (χ3n) is 2.89. The third-order valence-corrected chi connectivity index (χ3v) is 4.17. The van der Waals surface area contributed by atoms with Gasteiger partial charge in [0.2, 0.25) is 5.91 Å². The topological polar surface area (TPSA) is 38.3 Å². The van der Waals surface area contributed by atoms with Crippen molar-refractivity contribution in [3.63, 3.8) is 0 Å². The second kappa shape index (κ2) is 7.51. The first kappa shape index (κ1) is 16.6. The molecule has 1 N–H and O–H groups in total. The van der Waals surface area contributed by atoms with E-state index in [2.05, 4.69) is 5.32 Å². The molecule has 0 bridgehead atoms. The van der Waals surface area contributed by atoms with Crippen LogP contribution in [-0.4, -0.2) is 18.8 Å². The molecule has 0 aromatic heterocycles. The van der Waals surface area contributed by atoms with Crippen LogP contribution in [0, 0.1) is 12.7 Å². The molecule has 0 aliphatic carbocycles. The predicted molar refractivity (Wildman–Crippen MR) is 88.5 cm³/mol. The maximum absolute atomic E-state index is 13.1. The Morgan fingerprint density at radius 1 is 1.32 bits per heavy atom. The normalized spacial score (nSPS) is 10.4. The molecule has 0 saturated heterocycles. The van der Waals surface area contributed by atoms with Gasteiger partial charge in [-0.3, -0.25) is 4.79 Å². The number of nitrogens with one attached hydrogen (secondary N) is 1. The number of hydrogen-bond acceptors (Lipinski definition) is 3. The highest BCUT2D eigenvalue weighted by Gasteiger charge is 2.09. The number of thioether (sulfide) groups is 1. The summed E-state index contributed by atoms with van der Waals surface area (Å²) in [6.07, 6.45) is 0. The van der Waals surface area contributed by atoms with Crippen LogP contribution in [0.5, 0.6) is 5.75 Å². The highest BCUT2D eigenvalue weighted by atomic mass is 35.5. The first-order chi connectivity index (χ1) is 10.5. The lowest BCUT2D eigenvalue weighted by Gasteiger charge is -2.11. The second-order valence-electron chi connectivity index (χ2n) is 4.62. The van der Waals surface area contributed by atoms with Crippen molar-refractivity contribution < 1.29 is 13.9 Å². The number of methoxy groups -OCH3 is 1. The fourth-order valence-corrected chi connectivity index (χ4v) is 2.80. The summed E-state index contributed by atoms with van der Waals surface area (Å²) in [4.78, 5) is 12.8. The molecule has 6 heteroatoms. The molecule has 0 radical (unpaired) electrons. The molecule has 3 nitrogen and oxygen atoms in total. The third kappa shape index (κ3) is 4.39. The van der Waals surface area contributed by atoms with E-state index in [-0.39, 0.29) is 16.7 Å². The molecule has 0 heterocycles. The molecular formula is C16H15ClFNO2S. The fraction of sp³-hybridized carbons (Fsp3) is 0.188. The summed E-state index contributed by atoms with van der Waals surface area (Å²) in [5, 5.41) is 2.85. The van der Waals surface area contributed by atoms with Crippen LogP contribution in [0.1, 0.15) is 5.56 Å². The van der Waals surface area contributed by atoms with E-state index in [0.29, 0.717) is 11.4 Å². The number of carbonyl (C=O) groups excluding carboxylic acids is 1. The number of aryl methyl sites for hydroxylation is 1. The van der Waals surface area contributed by atoms with E-state index in [0.717, 1.165) is 10.5 Å². The largest absolute Gasteiger partial charge is 0.495 e. The van der Waals surface area contributed by atoms with Crippen LogP contribution in [0.4, 0.5) is 10.1 Å². The van der Waals surface area contributed by atoms with Crippen molar-refractivity contribution in [1.29, 1.82) is 0 Å². The van der Waals surface area contributed by atoms with Gasteiger partial charge in [0.05, 0.1) is 23.6 Å². The molecule has 0 atom stereocenters. The Kier molecular flexibility index (Phi) is 5.69. The number of hydrogen-bond donors (Lipinski definition) is 1. The molecule has 0 saturated carbocycles. The molecule has 2 aromatic rings. The molecule has 2 aromatic carbocycles. The molecule has 2 rings (SSSR count). The zero-order valence-electron chi connectivity index (χ0n) is 12.2. The molecule has 0 unspecified atom stereocenters. The maximum atomic E-state index is 13.1. The van der Waals surface area contributed by atoms with Crippen molar-refractivity contribution in [2.75, 3.05) is 18.2 Å². The number of amides is 1. The van der Waals surface area contributed by atoms with Gasteiger partial charge >= 0.3 is 0 Å². The van der Waals surface area contributed by atoms with E-state index in [1.165, 1.54) is 23.9 Å². The van der Waals surface area contributed by atoms with Gasteiger partial charge in [0, 0.05) is 4.90 Å². The minimum Gasteiger partial charge on any atom is -0.495 e. The first-order valence-corrected chi connectivity index (χ1v) is 7.88. The summed E-state index contributed by atoms with van der Waals surface area (Å²) in [5.74, 6) is 0.155. The molecule has 0 aliphatic rings. The van der Waals surface area contributed by atoms with Crippen LogP contribution in [0.25, 0.3) is 0 Å². The lowest BCUT2D eigenvalue weighted by molar-refractivity contribution is -0.113. The number of ether oxygens (including phenoxy) is 1. The van der Waals surface area contributed by atoms with Gasteiger partial charge in [-0.05, 0) is 42.8 Å². The average Bonchev–Trinajstić information content (AvgIpc) is 2.49. The lowest BCUT2D eigenvalue weighted by atomic mass is 10.2. The molecule has 22 heavy (non-hydrogen) atoms. The smallest absolute Gasteiger partial charge is 0.234 e. The van der Waals surface area contributed by atoms with Crippen molar-refractivity contribution >= 4 is 35.0 Å². The Balaban J connectivity index is 1.98. The van der Waals surface area contributed by atoms with E-state index in [1.54, 1.807) is 19.2 Å². The zero-order valence-corrected chi connectivity index (χ0v) is 13.7. The van der Waals surface area contributed by atoms with Crippen molar-refractivity contribution in [3.05, 3.63) is 52.8 Å². The number of halogens is 2. The predicted octanol–water partition coefficient (Wildman–Crippen LogP) is 4.53. The quantitative estimate of drug-likeness (QED) is 0.813. The van der Waals surface area contributed by atoms with Gasteiger partial charge in [0.15, 0.2) is 0 Å². The zero-order chi connectivity index (χ0) is 16.1. The summed E-state index contributed by atoms with van der Waals surface area (Å²) in [7, 11) is 1.55. The van der Waals surface area contributed by atoms with Crippen LogP contribution < -0.4 is 10.1 Å². The highest BCUT2D eigenvalue weighted by Crippen LogP contribution is 2.27. The maximum Gasteiger partial charge on any atom is 0.234 e. The Bertz CT molecular complexity index is 694. The molecule has 116 valence electrons. The second-order valence-corrected chi connectivity index (χ2v) is 6.07. The van der Waals surface area contributed by atoms with Crippen LogP contribution in [0.15, 0.2) is 41.3 Å². The fourth-order valence-electron chi connectivity index (χ4n) is 1.82. The summed E-state index contributed by atoms with van der Waals surface area (Å²) < 4.78 is 18.3. The van der Waals surface area contributed by atoms with Gasteiger partial charge in [-0.2, -0.15) is 0 Å². The van der Waals surface area contributed by atoms with Gasteiger partial charge < -0.3 is 10.1 Å². The van der Waals surface area contributed by atoms with Crippen LogP contribution >= 0.6 is 23.4 Å². The SMILES string of the molecule is COc1ccc(C)cc1NC(=O)CSc1ccc(F)c(Cl)c1. The lowest BCUT2D eigenvalue weighted by Crippen LogP contribution is -2.14. The number of anilines is 1. The molecular weight excluding hydrogens is 325 g/mol. The number of rotatable bonds is 5. The van der Waals surface area contributed by atoms with Crippen LogP contribution in [0.3, 0.4) is 0 Å². The molecule has 0 fully saturated rings. The van der Waals surface area contributed by atoms with E-state index in [1.807, 2.05) is 19.1 Å². The van der Waals surface area contributed by atoms with Gasteiger partial charge in [-0.15, -0.1) is 11.8 Å². The number of carbonyl (C=O) groups is 1. The van der Waals surface area contributed by atoms with E-state index < -0.39 is 5.82 Å². The Morgan fingerprint density at radius 2 is 2.09 bits per heavy atom. The van der Waals surface area contributed by atoms with Crippen LogP contribution in [-0.2, 0) is 4.79 Å². The average molecular weight is 340 g/mol. The van der Waals surface area contributed by atoms with Gasteiger partial charge in [0.1, 0.15) is 11.6 Å². The Hall–Kier alpha value is -1.72. The van der Waals surface area contributed by atoms with Crippen molar-refractivity contribution in [1.82, 2.24) is 0 Å². The van der Waals surface area contributed by atoms with Crippen LogP contribution in [0.2, 0.25) is 5.02 Å². The van der Waals surface area contributed by atoms with Crippen molar-refractivity contribution in [3.8, 4) is 5.75 Å². The monoisotopic (exact) mass is 339 g/mol. The Labute approximate surface area is 137 Å². The Morgan fingerprint density at radius 3 is 2.77 bits per heavy atom. The van der Waals surface area contributed by atoms with Gasteiger partial charge in [0.25, 0.3) is 0 Å². The van der Waals surface area contributed by atoms with E-state index in [9.17, 15) is 9.18 Å². The minimum absolute atomic E-state index is 0.0470. The summed E-state index contributed by atoms with van der Waals surface area (Å²) >= 11 is 6.99. The summed E-state index contributed by atoms with van der Waals surface area (Å²) in [5.41, 5.74) is 1.65. The highest BCUT2D eigenvalue weighted by molar-refractivity contribution is 8.00. The van der Waals surface area contributed by atoms with E-state index >= 15 is 0 Å². The van der Waals surface area contributed by atoms with Gasteiger partial charge in [-0.25, -0.2) is 4.39 Å². The summed E-state index contributed by atoms with van der Waals surface area (Å²) in [6, 6.07) is 9.93. The standard InChI is InChI=1S/C16H15ClFNO2S/c1-10-3-6-15(21-2)14(7-10)19-16(20)9-22-11-4-5-13(18)12(17)8-11/h3-8H,9H2,1-2H3,(H,19,20). The first-order valence-electron chi connectivity index (χ1n) is 6.52. The van der Waals surface area contributed by atoms with E-state index in [4.69, 9.17) is 16.3 Å². The number of benzene rings is 2. The summed E-state index contributed by atoms with van der Waals surface area (Å²) in [6.45, 7) is 1.93. The molecule has 0 aliphatic heterocycles. The van der Waals surface area contributed by atoms with Crippen molar-refractivity contribution in [2.24, 2.45) is 0 Å². The molecule has 0 spiro atoms. The minimum atomic E-state index is -0.472. The van der Waals surface area contributed by atoms with Gasteiger partial charge in [-0.1, -0.05) is 17.7 Å².